The first-order valence-corrected chi connectivity index (χ1v) is 7.52. The van der Waals surface area contributed by atoms with E-state index < -0.39 is 0 Å². The van der Waals surface area contributed by atoms with Crippen molar-refractivity contribution in [3.05, 3.63) is 34.9 Å². The molecular formula is C14H17BrClNO. The number of nitrogens with zero attached hydrogens (tertiary/aromatic N) is 1. The molecule has 1 fully saturated rings. The van der Waals surface area contributed by atoms with Gasteiger partial charge < -0.3 is 4.90 Å². The molecule has 2 rings (SSSR count). The van der Waals surface area contributed by atoms with Gasteiger partial charge in [0, 0.05) is 22.9 Å². The highest BCUT2D eigenvalue weighted by Gasteiger charge is 2.26. The number of piperidine rings is 1. The number of alkyl halides is 1. The molecule has 2 atom stereocenters. The summed E-state index contributed by atoms with van der Waals surface area (Å²) < 4.78 is 0. The maximum Gasteiger partial charge on any atom is 0.226 e. The summed E-state index contributed by atoms with van der Waals surface area (Å²) in [5, 5.41) is 0.708. The van der Waals surface area contributed by atoms with Crippen LogP contribution >= 0.6 is 27.5 Å². The minimum atomic E-state index is 0.212. The fourth-order valence-corrected chi connectivity index (χ4v) is 2.73. The Labute approximate surface area is 121 Å². The number of amides is 1. The van der Waals surface area contributed by atoms with Gasteiger partial charge in [-0.25, -0.2) is 0 Å². The monoisotopic (exact) mass is 329 g/mol. The molecule has 1 aliphatic rings. The number of carbonyl (C=O) groups excluding carboxylic acids is 1. The van der Waals surface area contributed by atoms with Gasteiger partial charge in [-0.1, -0.05) is 46.6 Å². The van der Waals surface area contributed by atoms with E-state index >= 15 is 0 Å². The Hall–Kier alpha value is -0.540. The maximum absolute atomic E-state index is 12.2. The van der Waals surface area contributed by atoms with E-state index in [0.717, 1.165) is 25.1 Å². The van der Waals surface area contributed by atoms with Gasteiger partial charge in [-0.3, -0.25) is 4.79 Å². The Morgan fingerprint density at radius 2 is 2.11 bits per heavy atom. The van der Waals surface area contributed by atoms with Gasteiger partial charge in [0.1, 0.15) is 0 Å². The zero-order chi connectivity index (χ0) is 13.1. The van der Waals surface area contributed by atoms with Crippen LogP contribution in [0.15, 0.2) is 24.3 Å². The van der Waals surface area contributed by atoms with E-state index in [0.29, 0.717) is 22.2 Å². The minimum absolute atomic E-state index is 0.212. The molecule has 18 heavy (non-hydrogen) atoms. The van der Waals surface area contributed by atoms with Crippen molar-refractivity contribution in [1.82, 2.24) is 4.90 Å². The van der Waals surface area contributed by atoms with E-state index in [1.165, 1.54) is 0 Å². The third kappa shape index (κ3) is 3.48. The fraction of sp³-hybridized carbons (Fsp3) is 0.500. The molecule has 1 heterocycles. The zero-order valence-corrected chi connectivity index (χ0v) is 12.7. The van der Waals surface area contributed by atoms with Crippen molar-refractivity contribution in [2.24, 2.45) is 5.92 Å². The van der Waals surface area contributed by atoms with Gasteiger partial charge in [0.25, 0.3) is 0 Å². The van der Waals surface area contributed by atoms with Crippen molar-refractivity contribution in [2.75, 3.05) is 13.1 Å². The molecule has 2 unspecified atom stereocenters. The van der Waals surface area contributed by atoms with Gasteiger partial charge >= 0.3 is 0 Å². The molecule has 0 aliphatic carbocycles. The van der Waals surface area contributed by atoms with Gasteiger partial charge in [0.2, 0.25) is 5.91 Å². The summed E-state index contributed by atoms with van der Waals surface area (Å²) in [6.07, 6.45) is 1.50. The summed E-state index contributed by atoms with van der Waals surface area (Å²) in [4.78, 5) is 14.7. The fourth-order valence-electron chi connectivity index (χ4n) is 2.23. The standard InChI is InChI=1S/C14H17BrClNO/c1-10-9-17(7-6-13(10)15)14(18)8-11-2-4-12(16)5-3-11/h2-5,10,13H,6-9H2,1H3. The molecule has 0 saturated carbocycles. The van der Waals surface area contributed by atoms with Crippen LogP contribution < -0.4 is 0 Å². The molecule has 1 aromatic rings. The number of hydrogen-bond donors (Lipinski definition) is 0. The van der Waals surface area contributed by atoms with Crippen molar-refractivity contribution >= 4 is 33.4 Å². The lowest BCUT2D eigenvalue weighted by Gasteiger charge is -2.34. The summed E-state index contributed by atoms with van der Waals surface area (Å²) in [7, 11) is 0. The SMILES string of the molecule is CC1CN(C(=O)Cc2ccc(Cl)cc2)CCC1Br. The van der Waals surface area contributed by atoms with Crippen molar-refractivity contribution in [3.63, 3.8) is 0 Å². The van der Waals surface area contributed by atoms with Crippen molar-refractivity contribution in [2.45, 2.75) is 24.6 Å². The molecule has 0 radical (unpaired) electrons. The van der Waals surface area contributed by atoms with Crippen LogP contribution in [0.1, 0.15) is 18.9 Å². The second-order valence-electron chi connectivity index (χ2n) is 4.92. The molecule has 1 aromatic carbocycles. The first kappa shape index (κ1) is 13.9. The molecule has 2 nitrogen and oxygen atoms in total. The van der Waals surface area contributed by atoms with Crippen LogP contribution in [0.25, 0.3) is 0 Å². The van der Waals surface area contributed by atoms with Gasteiger partial charge in [-0.2, -0.15) is 0 Å². The quantitative estimate of drug-likeness (QED) is 0.760. The third-order valence-electron chi connectivity index (χ3n) is 3.42. The van der Waals surface area contributed by atoms with Gasteiger partial charge in [0.05, 0.1) is 6.42 Å². The summed E-state index contributed by atoms with van der Waals surface area (Å²) in [6, 6.07) is 7.50. The Kier molecular flexibility index (Phi) is 4.68. The van der Waals surface area contributed by atoms with Crippen molar-refractivity contribution < 1.29 is 4.79 Å². The Bertz CT molecular complexity index is 420. The normalized spacial score (nSPS) is 24.1. The number of benzene rings is 1. The Morgan fingerprint density at radius 3 is 2.72 bits per heavy atom. The van der Waals surface area contributed by atoms with E-state index in [4.69, 9.17) is 11.6 Å². The lowest BCUT2D eigenvalue weighted by Crippen LogP contribution is -2.43. The average molecular weight is 331 g/mol. The van der Waals surface area contributed by atoms with E-state index in [-0.39, 0.29) is 5.91 Å². The van der Waals surface area contributed by atoms with Crippen molar-refractivity contribution in [1.29, 1.82) is 0 Å². The van der Waals surface area contributed by atoms with Gasteiger partial charge in [-0.05, 0) is 30.0 Å². The van der Waals surface area contributed by atoms with Crippen LogP contribution in [0.5, 0.6) is 0 Å². The summed E-state index contributed by atoms with van der Waals surface area (Å²) >= 11 is 9.48. The van der Waals surface area contributed by atoms with Gasteiger partial charge in [0.15, 0.2) is 0 Å². The topological polar surface area (TPSA) is 20.3 Å². The molecule has 0 spiro atoms. The van der Waals surface area contributed by atoms with E-state index in [1.807, 2.05) is 29.2 Å². The van der Waals surface area contributed by atoms with Crippen LogP contribution in [0.4, 0.5) is 0 Å². The van der Waals surface area contributed by atoms with Crippen LogP contribution in [-0.2, 0) is 11.2 Å². The summed E-state index contributed by atoms with van der Waals surface area (Å²) in [5.74, 6) is 0.733. The Balaban J connectivity index is 1.94. The number of hydrogen-bond acceptors (Lipinski definition) is 1. The van der Waals surface area contributed by atoms with Crippen molar-refractivity contribution in [3.8, 4) is 0 Å². The molecule has 1 amide bonds. The highest BCUT2D eigenvalue weighted by molar-refractivity contribution is 9.09. The first-order chi connectivity index (χ1) is 8.56. The second kappa shape index (κ2) is 6.07. The van der Waals surface area contributed by atoms with Gasteiger partial charge in [-0.15, -0.1) is 0 Å². The average Bonchev–Trinajstić information content (AvgIpc) is 2.35. The Morgan fingerprint density at radius 1 is 1.44 bits per heavy atom. The number of carbonyl (C=O) groups is 1. The second-order valence-corrected chi connectivity index (χ2v) is 6.54. The molecule has 4 heteroatoms. The zero-order valence-electron chi connectivity index (χ0n) is 10.4. The highest BCUT2D eigenvalue weighted by atomic mass is 79.9. The lowest BCUT2D eigenvalue weighted by molar-refractivity contribution is -0.132. The van der Waals surface area contributed by atoms with E-state index in [9.17, 15) is 4.79 Å². The van der Waals surface area contributed by atoms with Crippen LogP contribution in [-0.4, -0.2) is 28.7 Å². The van der Waals surface area contributed by atoms with Crippen LogP contribution in [0, 0.1) is 5.92 Å². The molecule has 1 saturated heterocycles. The smallest absolute Gasteiger partial charge is 0.226 e. The first-order valence-electron chi connectivity index (χ1n) is 6.22. The molecule has 98 valence electrons. The largest absolute Gasteiger partial charge is 0.342 e. The predicted molar refractivity (Wildman–Crippen MR) is 78.2 cm³/mol. The molecule has 1 aliphatic heterocycles. The molecule has 0 N–H and O–H groups in total. The molecular weight excluding hydrogens is 314 g/mol. The molecule has 0 bridgehead atoms. The number of likely N-dealkylation sites (tertiary alicyclic amines) is 1. The predicted octanol–water partition coefficient (Wildman–Crippen LogP) is 3.51. The lowest BCUT2D eigenvalue weighted by atomic mass is 9.99. The van der Waals surface area contributed by atoms with Crippen LogP contribution in [0.3, 0.4) is 0 Å². The van der Waals surface area contributed by atoms with E-state index in [2.05, 4.69) is 22.9 Å². The number of rotatable bonds is 2. The maximum atomic E-state index is 12.2. The summed E-state index contributed by atoms with van der Waals surface area (Å²) in [5.41, 5.74) is 1.03. The minimum Gasteiger partial charge on any atom is -0.342 e. The van der Waals surface area contributed by atoms with Crippen LogP contribution in [0.2, 0.25) is 5.02 Å². The highest BCUT2D eigenvalue weighted by Crippen LogP contribution is 2.23. The summed E-state index contributed by atoms with van der Waals surface area (Å²) in [6.45, 7) is 3.89. The number of halogens is 2. The van der Waals surface area contributed by atoms with E-state index in [1.54, 1.807) is 0 Å². The molecule has 0 aromatic heterocycles. The third-order valence-corrected chi connectivity index (χ3v) is 5.03.